The van der Waals surface area contributed by atoms with Crippen LogP contribution in [0.1, 0.15) is 33.1 Å². The lowest BCUT2D eigenvalue weighted by molar-refractivity contribution is 0.187. The number of rotatable bonds is 6. The molecule has 10 heavy (non-hydrogen) atoms. The minimum Gasteiger partial charge on any atom is -0.258 e. The SMILES string of the molecule is CCCCN(CCC)NN. The number of hydrogen-bond acceptors (Lipinski definition) is 3. The van der Waals surface area contributed by atoms with E-state index in [2.05, 4.69) is 19.4 Å². The Kier molecular flexibility index (Phi) is 6.91. The van der Waals surface area contributed by atoms with Crippen molar-refractivity contribution < 1.29 is 0 Å². The lowest BCUT2D eigenvalue weighted by Crippen LogP contribution is -2.43. The second-order valence-electron chi connectivity index (χ2n) is 2.47. The number of unbranched alkanes of at least 4 members (excludes halogenated alkanes) is 1. The van der Waals surface area contributed by atoms with E-state index in [1.165, 1.54) is 12.8 Å². The third kappa shape index (κ3) is 4.73. The molecule has 0 atom stereocenters. The van der Waals surface area contributed by atoms with Crippen molar-refractivity contribution in [1.82, 2.24) is 10.5 Å². The van der Waals surface area contributed by atoms with Crippen molar-refractivity contribution in [3.8, 4) is 0 Å². The van der Waals surface area contributed by atoms with Crippen LogP contribution in [-0.4, -0.2) is 18.1 Å². The predicted octanol–water partition coefficient (Wildman–Crippen LogP) is 0.877. The molecule has 0 unspecified atom stereocenters. The monoisotopic (exact) mass is 145 g/mol. The maximum absolute atomic E-state index is 5.28. The molecule has 3 N–H and O–H groups in total. The van der Waals surface area contributed by atoms with E-state index >= 15 is 0 Å². The molecule has 0 aliphatic rings. The van der Waals surface area contributed by atoms with Gasteiger partial charge in [-0.25, -0.2) is 5.01 Å². The second kappa shape index (κ2) is 6.99. The van der Waals surface area contributed by atoms with Gasteiger partial charge in [-0.1, -0.05) is 20.3 Å². The van der Waals surface area contributed by atoms with Crippen molar-refractivity contribution in [3.63, 3.8) is 0 Å². The van der Waals surface area contributed by atoms with Crippen LogP contribution >= 0.6 is 0 Å². The quantitative estimate of drug-likeness (QED) is 0.430. The maximum Gasteiger partial charge on any atom is 0.0144 e. The molecule has 0 saturated carbocycles. The molecule has 0 bridgehead atoms. The molecule has 0 aromatic rings. The summed E-state index contributed by atoms with van der Waals surface area (Å²) in [4.78, 5) is 0. The van der Waals surface area contributed by atoms with Gasteiger partial charge in [0.15, 0.2) is 0 Å². The Bertz CT molecular complexity index is 65.9. The zero-order chi connectivity index (χ0) is 7.82. The highest BCUT2D eigenvalue weighted by atomic mass is 15.6. The van der Waals surface area contributed by atoms with Crippen molar-refractivity contribution in [2.45, 2.75) is 33.1 Å². The Morgan fingerprint density at radius 1 is 1.20 bits per heavy atom. The normalized spacial score (nSPS) is 10.8. The van der Waals surface area contributed by atoms with Crippen LogP contribution in [0.25, 0.3) is 0 Å². The molecule has 62 valence electrons. The number of nitrogens with zero attached hydrogens (tertiary/aromatic N) is 1. The van der Waals surface area contributed by atoms with E-state index in [1.54, 1.807) is 0 Å². The Morgan fingerprint density at radius 2 is 1.90 bits per heavy atom. The van der Waals surface area contributed by atoms with Gasteiger partial charge < -0.3 is 0 Å². The summed E-state index contributed by atoms with van der Waals surface area (Å²) < 4.78 is 0. The highest BCUT2D eigenvalue weighted by Gasteiger charge is 1.97. The van der Waals surface area contributed by atoms with E-state index in [-0.39, 0.29) is 0 Å². The number of hydrazine groups is 2. The summed E-state index contributed by atoms with van der Waals surface area (Å²) in [5.41, 5.74) is 2.67. The average Bonchev–Trinajstić information content (AvgIpc) is 1.98. The van der Waals surface area contributed by atoms with Crippen LogP contribution in [0.15, 0.2) is 0 Å². The largest absolute Gasteiger partial charge is 0.258 e. The van der Waals surface area contributed by atoms with Crippen LogP contribution in [0.4, 0.5) is 0 Å². The molecule has 0 amide bonds. The maximum atomic E-state index is 5.28. The average molecular weight is 145 g/mol. The Hall–Kier alpha value is -0.120. The molecule has 0 aliphatic carbocycles. The summed E-state index contributed by atoms with van der Waals surface area (Å²) in [6.07, 6.45) is 3.58. The van der Waals surface area contributed by atoms with Crippen LogP contribution in [0.3, 0.4) is 0 Å². The lowest BCUT2D eigenvalue weighted by atomic mass is 10.3. The summed E-state index contributed by atoms with van der Waals surface area (Å²) in [6.45, 7) is 6.42. The molecule has 0 aliphatic heterocycles. The fourth-order valence-corrected chi connectivity index (χ4v) is 0.860. The third-order valence-corrected chi connectivity index (χ3v) is 1.46. The van der Waals surface area contributed by atoms with E-state index < -0.39 is 0 Å². The van der Waals surface area contributed by atoms with Gasteiger partial charge >= 0.3 is 0 Å². The van der Waals surface area contributed by atoms with Crippen LogP contribution in [-0.2, 0) is 0 Å². The van der Waals surface area contributed by atoms with Gasteiger partial charge in [0.05, 0.1) is 0 Å². The van der Waals surface area contributed by atoms with Crippen molar-refractivity contribution in [3.05, 3.63) is 0 Å². The Labute approximate surface area is 63.5 Å². The first-order valence-electron chi connectivity index (χ1n) is 4.06. The molecule has 0 aromatic carbocycles. The number of nitrogens with one attached hydrogen (secondary N) is 1. The molecule has 0 fully saturated rings. The zero-order valence-electron chi connectivity index (χ0n) is 7.06. The van der Waals surface area contributed by atoms with Crippen LogP contribution in [0.2, 0.25) is 0 Å². The molecule has 3 heteroatoms. The van der Waals surface area contributed by atoms with Gasteiger partial charge in [-0.2, -0.15) is 5.53 Å². The summed E-state index contributed by atoms with van der Waals surface area (Å²) >= 11 is 0. The van der Waals surface area contributed by atoms with E-state index in [4.69, 9.17) is 5.84 Å². The summed E-state index contributed by atoms with van der Waals surface area (Å²) in [5, 5.41) is 2.05. The molecule has 0 rings (SSSR count). The van der Waals surface area contributed by atoms with Gasteiger partial charge in [0, 0.05) is 13.1 Å². The molecule has 0 spiro atoms. The molecular weight excluding hydrogens is 126 g/mol. The van der Waals surface area contributed by atoms with Gasteiger partial charge in [0.2, 0.25) is 0 Å². The second-order valence-corrected chi connectivity index (χ2v) is 2.47. The van der Waals surface area contributed by atoms with Gasteiger partial charge in [-0.05, 0) is 12.8 Å². The van der Waals surface area contributed by atoms with Crippen LogP contribution in [0.5, 0.6) is 0 Å². The minimum absolute atomic E-state index is 1.04. The number of hydrogen-bond donors (Lipinski definition) is 2. The first-order valence-corrected chi connectivity index (χ1v) is 4.06. The first-order chi connectivity index (χ1) is 4.85. The van der Waals surface area contributed by atoms with E-state index in [0.717, 1.165) is 19.5 Å². The summed E-state index contributed by atoms with van der Waals surface area (Å²) in [7, 11) is 0. The molecule has 0 heterocycles. The van der Waals surface area contributed by atoms with Gasteiger partial charge in [-0.3, -0.25) is 5.84 Å². The highest BCUT2D eigenvalue weighted by molar-refractivity contribution is 4.47. The van der Waals surface area contributed by atoms with Gasteiger partial charge in [0.25, 0.3) is 0 Å². The number of nitrogens with two attached hydrogens (primary N) is 1. The minimum atomic E-state index is 1.04. The van der Waals surface area contributed by atoms with Gasteiger partial charge in [0.1, 0.15) is 0 Å². The Balaban J connectivity index is 3.21. The van der Waals surface area contributed by atoms with E-state index in [0.29, 0.717) is 0 Å². The smallest absolute Gasteiger partial charge is 0.0144 e. The van der Waals surface area contributed by atoms with Crippen molar-refractivity contribution in [2.75, 3.05) is 13.1 Å². The summed E-state index contributed by atoms with van der Waals surface area (Å²) in [6, 6.07) is 0. The van der Waals surface area contributed by atoms with E-state index in [9.17, 15) is 0 Å². The van der Waals surface area contributed by atoms with Crippen molar-refractivity contribution >= 4 is 0 Å². The predicted molar refractivity (Wildman–Crippen MR) is 44.1 cm³/mol. The van der Waals surface area contributed by atoms with Crippen LogP contribution in [0, 0.1) is 0 Å². The van der Waals surface area contributed by atoms with Gasteiger partial charge in [-0.15, -0.1) is 0 Å². The molecule has 3 nitrogen and oxygen atoms in total. The Morgan fingerprint density at radius 3 is 2.30 bits per heavy atom. The third-order valence-electron chi connectivity index (χ3n) is 1.46. The van der Waals surface area contributed by atoms with Crippen molar-refractivity contribution in [1.29, 1.82) is 0 Å². The fourth-order valence-electron chi connectivity index (χ4n) is 0.860. The highest BCUT2D eigenvalue weighted by Crippen LogP contribution is 1.91. The van der Waals surface area contributed by atoms with Crippen molar-refractivity contribution in [2.24, 2.45) is 5.84 Å². The summed E-state index contributed by atoms with van der Waals surface area (Å²) in [5.74, 6) is 5.28. The lowest BCUT2D eigenvalue weighted by Gasteiger charge is -2.18. The van der Waals surface area contributed by atoms with Crippen LogP contribution < -0.4 is 11.4 Å². The molecule has 0 radical (unpaired) electrons. The fraction of sp³-hybridized carbons (Fsp3) is 1.00. The topological polar surface area (TPSA) is 41.3 Å². The standard InChI is InChI=1S/C7H19N3/c1-3-5-7-10(9-8)6-4-2/h9H,3-8H2,1-2H3. The zero-order valence-corrected chi connectivity index (χ0v) is 7.06. The first kappa shape index (κ1) is 9.88. The molecule has 0 aromatic heterocycles. The molecular formula is C7H19N3. The molecule has 0 saturated heterocycles. The van der Waals surface area contributed by atoms with E-state index in [1.807, 2.05) is 5.01 Å².